The summed E-state index contributed by atoms with van der Waals surface area (Å²) in [6.07, 6.45) is 0. The summed E-state index contributed by atoms with van der Waals surface area (Å²) in [6, 6.07) is 28.8. The van der Waals surface area contributed by atoms with Crippen molar-refractivity contribution in [2.45, 2.75) is 58.2 Å². The van der Waals surface area contributed by atoms with Crippen molar-refractivity contribution in [3.8, 4) is 22.3 Å². The van der Waals surface area contributed by atoms with E-state index in [0.717, 1.165) is 5.46 Å². The maximum atomic E-state index is 10.6. The summed E-state index contributed by atoms with van der Waals surface area (Å²) in [5.41, 5.74) is 7.28. The van der Waals surface area contributed by atoms with Gasteiger partial charge in [-0.1, -0.05) is 74.5 Å². The average molecular weight is 503 g/mol. The van der Waals surface area contributed by atoms with Gasteiger partial charge in [-0.25, -0.2) is 0 Å². The van der Waals surface area contributed by atoms with Crippen molar-refractivity contribution in [1.82, 2.24) is 0 Å². The average Bonchev–Trinajstić information content (AvgIpc) is 3.35. The van der Waals surface area contributed by atoms with Crippen LogP contribution in [0.5, 0.6) is 0 Å². The van der Waals surface area contributed by atoms with Gasteiger partial charge in [-0.15, -0.1) is 11.3 Å². The van der Waals surface area contributed by atoms with E-state index in [0.29, 0.717) is 0 Å². The molecule has 0 unspecified atom stereocenters. The summed E-state index contributed by atoms with van der Waals surface area (Å²) < 4.78 is 8.66. The fourth-order valence-electron chi connectivity index (χ4n) is 5.47. The van der Waals surface area contributed by atoms with E-state index in [1.165, 1.54) is 53.6 Å². The number of rotatable bonds is 5. The van der Waals surface area contributed by atoms with Crippen LogP contribution in [0.4, 0.5) is 0 Å². The molecule has 1 N–H and O–H groups in total. The Morgan fingerprint density at radius 2 is 1.49 bits per heavy atom. The molecule has 0 spiro atoms. The second-order valence-corrected chi connectivity index (χ2v) is 12.8. The molecule has 1 heterocycles. The molecule has 6 rings (SSSR count). The minimum absolute atomic E-state index is 0.0200. The van der Waals surface area contributed by atoms with Crippen molar-refractivity contribution < 1.29 is 9.76 Å². The van der Waals surface area contributed by atoms with E-state index in [1.807, 2.05) is 32.7 Å². The second kappa shape index (κ2) is 8.29. The molecule has 4 aromatic carbocycles. The third kappa shape index (κ3) is 3.77. The Kier molecular flexibility index (Phi) is 5.47. The normalized spacial score (nSPS) is 14.7. The van der Waals surface area contributed by atoms with E-state index in [4.69, 9.17) is 4.65 Å². The Morgan fingerprint density at radius 3 is 2.27 bits per heavy atom. The molecule has 5 aromatic rings. The standard InChI is InChI=1S/C33H32BO2S/c1-31(2)24-13-8-7-11-22(24)29-21(12-9-14-25(29)31)20-17-18-27-23(19-20)30-26(15-10-16-28(30)37-27)34-36-33(5,6)32(3,4)35/h7-19,35H,1-6H3. The molecule has 1 aromatic heterocycles. The highest BCUT2D eigenvalue weighted by Crippen LogP contribution is 2.52. The molecule has 1 aliphatic carbocycles. The Bertz CT molecular complexity index is 1670. The molecule has 37 heavy (non-hydrogen) atoms. The molecule has 0 aliphatic heterocycles. The maximum absolute atomic E-state index is 10.6. The third-order valence-electron chi connectivity index (χ3n) is 8.40. The summed E-state index contributed by atoms with van der Waals surface area (Å²) in [7, 11) is 1.82. The Morgan fingerprint density at radius 1 is 0.784 bits per heavy atom. The van der Waals surface area contributed by atoms with Gasteiger partial charge in [-0.05, 0) is 90.1 Å². The van der Waals surface area contributed by atoms with Gasteiger partial charge in [0.2, 0.25) is 0 Å². The predicted molar refractivity (Wildman–Crippen MR) is 159 cm³/mol. The largest absolute Gasteiger partial charge is 0.427 e. The minimum atomic E-state index is -0.973. The van der Waals surface area contributed by atoms with E-state index in [1.54, 1.807) is 13.8 Å². The van der Waals surface area contributed by atoms with Crippen LogP contribution in [0.2, 0.25) is 0 Å². The molecule has 0 bridgehead atoms. The van der Waals surface area contributed by atoms with Crippen molar-refractivity contribution in [2.24, 2.45) is 0 Å². The first-order valence-electron chi connectivity index (χ1n) is 12.9. The molecule has 185 valence electrons. The first kappa shape index (κ1) is 24.4. The number of thiophene rings is 1. The molecule has 4 heteroatoms. The SMILES string of the molecule is CC1(C)c2ccccc2-c2c(-c3ccc4sc5cccc([B]OC(C)(C)C(C)(C)O)c5c4c3)cccc21. The van der Waals surface area contributed by atoms with Gasteiger partial charge < -0.3 is 9.76 Å². The van der Waals surface area contributed by atoms with E-state index < -0.39 is 11.2 Å². The summed E-state index contributed by atoms with van der Waals surface area (Å²) >= 11 is 1.81. The summed E-state index contributed by atoms with van der Waals surface area (Å²) in [6.45, 7) is 12.1. The zero-order valence-corrected chi connectivity index (χ0v) is 23.2. The van der Waals surface area contributed by atoms with Gasteiger partial charge in [0, 0.05) is 20.2 Å². The highest BCUT2D eigenvalue weighted by atomic mass is 32.1. The van der Waals surface area contributed by atoms with Crippen molar-refractivity contribution in [3.05, 3.63) is 90.0 Å². The molecular formula is C33H32BO2S. The van der Waals surface area contributed by atoms with E-state index in [-0.39, 0.29) is 5.41 Å². The summed E-state index contributed by atoms with van der Waals surface area (Å²) in [4.78, 5) is 0. The lowest BCUT2D eigenvalue weighted by Crippen LogP contribution is -2.49. The topological polar surface area (TPSA) is 29.5 Å². The van der Waals surface area contributed by atoms with E-state index >= 15 is 0 Å². The molecular weight excluding hydrogens is 471 g/mol. The van der Waals surface area contributed by atoms with Gasteiger partial charge >= 0.3 is 7.48 Å². The number of fused-ring (bicyclic) bond motifs is 6. The van der Waals surface area contributed by atoms with Gasteiger partial charge in [0.05, 0.1) is 11.2 Å². The molecule has 2 nitrogen and oxygen atoms in total. The molecule has 0 saturated heterocycles. The third-order valence-corrected chi connectivity index (χ3v) is 9.54. The van der Waals surface area contributed by atoms with Crippen LogP contribution in [0.1, 0.15) is 52.7 Å². The lowest BCUT2D eigenvalue weighted by Gasteiger charge is -2.37. The van der Waals surface area contributed by atoms with Crippen LogP contribution in [-0.2, 0) is 10.1 Å². The van der Waals surface area contributed by atoms with Crippen LogP contribution >= 0.6 is 11.3 Å². The molecule has 0 fully saturated rings. The zero-order valence-electron chi connectivity index (χ0n) is 22.3. The first-order valence-corrected chi connectivity index (χ1v) is 13.7. The Hall–Kier alpha value is -2.92. The second-order valence-electron chi connectivity index (χ2n) is 11.7. The molecule has 0 saturated carbocycles. The smallest absolute Gasteiger partial charge is 0.331 e. The molecule has 0 amide bonds. The zero-order chi connectivity index (χ0) is 26.2. The van der Waals surface area contributed by atoms with Crippen molar-refractivity contribution in [2.75, 3.05) is 0 Å². The molecule has 0 atom stereocenters. The van der Waals surface area contributed by atoms with Gasteiger partial charge in [0.1, 0.15) is 0 Å². The van der Waals surface area contributed by atoms with Gasteiger partial charge in [-0.2, -0.15) is 0 Å². The van der Waals surface area contributed by atoms with Crippen LogP contribution in [0.15, 0.2) is 78.9 Å². The van der Waals surface area contributed by atoms with Crippen LogP contribution in [0, 0.1) is 0 Å². The Labute approximate surface area is 224 Å². The summed E-state index contributed by atoms with van der Waals surface area (Å²) in [5.74, 6) is 0. The summed E-state index contributed by atoms with van der Waals surface area (Å²) in [5, 5.41) is 13.0. The van der Waals surface area contributed by atoms with Gasteiger partial charge in [0.25, 0.3) is 0 Å². The lowest BCUT2D eigenvalue weighted by atomic mass is 9.80. The first-order chi connectivity index (χ1) is 17.5. The van der Waals surface area contributed by atoms with Crippen LogP contribution < -0.4 is 5.46 Å². The maximum Gasteiger partial charge on any atom is 0.331 e. The minimum Gasteiger partial charge on any atom is -0.427 e. The number of aliphatic hydroxyl groups is 1. The van der Waals surface area contributed by atoms with E-state index in [2.05, 4.69) is 92.7 Å². The van der Waals surface area contributed by atoms with Crippen molar-refractivity contribution in [1.29, 1.82) is 0 Å². The van der Waals surface area contributed by atoms with Crippen LogP contribution in [0.25, 0.3) is 42.4 Å². The highest BCUT2D eigenvalue weighted by Gasteiger charge is 2.37. The van der Waals surface area contributed by atoms with Crippen molar-refractivity contribution in [3.63, 3.8) is 0 Å². The Balaban J connectivity index is 1.51. The fraction of sp³-hybridized carbons (Fsp3) is 0.273. The molecule has 1 radical (unpaired) electrons. The quantitative estimate of drug-likeness (QED) is 0.248. The van der Waals surface area contributed by atoms with Gasteiger partial charge in [0.15, 0.2) is 0 Å². The highest BCUT2D eigenvalue weighted by molar-refractivity contribution is 7.26. The van der Waals surface area contributed by atoms with Gasteiger partial charge in [-0.3, -0.25) is 0 Å². The van der Waals surface area contributed by atoms with Crippen molar-refractivity contribution >= 4 is 44.5 Å². The lowest BCUT2D eigenvalue weighted by molar-refractivity contribution is -0.0893. The number of hydrogen-bond donors (Lipinski definition) is 1. The van der Waals surface area contributed by atoms with Crippen LogP contribution in [-0.4, -0.2) is 23.8 Å². The predicted octanol–water partition coefficient (Wildman–Crippen LogP) is 7.84. The molecule has 1 aliphatic rings. The monoisotopic (exact) mass is 503 g/mol. The van der Waals surface area contributed by atoms with E-state index in [9.17, 15) is 5.11 Å². The van der Waals surface area contributed by atoms with Crippen LogP contribution in [0.3, 0.4) is 0 Å². The fourth-order valence-corrected chi connectivity index (χ4v) is 6.59. The number of benzene rings is 4. The number of hydrogen-bond acceptors (Lipinski definition) is 3.